The van der Waals surface area contributed by atoms with E-state index in [2.05, 4.69) is 6.58 Å². The molecule has 80 valence electrons. The predicted octanol–water partition coefficient (Wildman–Crippen LogP) is 2.13. The molecule has 15 heavy (non-hydrogen) atoms. The first-order valence-corrected chi connectivity index (χ1v) is 4.96. The topological polar surface area (TPSA) is 40.5 Å². The molecule has 3 nitrogen and oxygen atoms in total. The van der Waals surface area contributed by atoms with E-state index in [1.807, 2.05) is 13.0 Å². The Balaban J connectivity index is 3.05. The minimum atomic E-state index is -0.558. The zero-order valence-corrected chi connectivity index (χ0v) is 9.25. The van der Waals surface area contributed by atoms with Gasteiger partial charge < -0.3 is 12.6 Å². The number of carbonyl (C=O) groups is 1. The number of amides is 1. The lowest BCUT2D eigenvalue weighted by atomic mass is 10.1. The monoisotopic (exact) mass is 222 g/mol. The third-order valence-corrected chi connectivity index (χ3v) is 2.40. The molecule has 0 fully saturated rings. The Morgan fingerprint density at radius 3 is 2.80 bits per heavy atom. The van der Waals surface area contributed by atoms with Crippen molar-refractivity contribution in [1.29, 1.82) is 0 Å². The number of benzene rings is 1. The first-order chi connectivity index (χ1) is 7.10. The van der Waals surface area contributed by atoms with Crippen LogP contribution in [0, 0.1) is 0 Å². The summed E-state index contributed by atoms with van der Waals surface area (Å²) in [4.78, 5) is 12.0. The molecule has 0 atom stereocenters. The largest absolute Gasteiger partial charge is 0.779 e. The number of nitrogens with zero attached hydrogens (tertiary/aromatic N) is 1. The van der Waals surface area contributed by atoms with E-state index >= 15 is 0 Å². The molecule has 4 heteroatoms. The zero-order valence-electron chi connectivity index (χ0n) is 8.43. The van der Waals surface area contributed by atoms with Gasteiger partial charge in [-0.05, 0) is 12.0 Å². The van der Waals surface area contributed by atoms with Crippen LogP contribution >= 0.6 is 0 Å². The maximum Gasteiger partial charge on any atom is 0.279 e. The van der Waals surface area contributed by atoms with Crippen molar-refractivity contribution in [2.24, 2.45) is 0 Å². The summed E-state index contributed by atoms with van der Waals surface area (Å²) in [7, 11) is 0. The van der Waals surface area contributed by atoms with E-state index in [0.717, 1.165) is 18.2 Å². The third-order valence-electron chi connectivity index (χ3n) is 2.07. The van der Waals surface area contributed by atoms with Crippen molar-refractivity contribution in [3.8, 4) is 0 Å². The average molecular weight is 222 g/mol. The van der Waals surface area contributed by atoms with Gasteiger partial charge in [-0.3, -0.25) is 10.0 Å². The molecule has 0 unspecified atom stereocenters. The van der Waals surface area contributed by atoms with Crippen molar-refractivity contribution in [1.82, 2.24) is 5.06 Å². The molecular weight excluding hydrogens is 210 g/mol. The fourth-order valence-corrected chi connectivity index (χ4v) is 1.48. The van der Waals surface area contributed by atoms with Crippen LogP contribution in [0.5, 0.6) is 0 Å². The highest BCUT2D eigenvalue weighted by atomic mass is 32.1. The molecule has 1 amide bonds. The van der Waals surface area contributed by atoms with Crippen LogP contribution in [0.2, 0.25) is 0 Å². The highest BCUT2D eigenvalue weighted by molar-refractivity contribution is 7.58. The van der Waals surface area contributed by atoms with Crippen molar-refractivity contribution in [2.75, 3.05) is 0 Å². The summed E-state index contributed by atoms with van der Waals surface area (Å²) in [5.41, 5.74) is 1.38. The van der Waals surface area contributed by atoms with Crippen LogP contribution in [0.3, 0.4) is 0 Å². The molecule has 0 aliphatic heterocycles. The van der Waals surface area contributed by atoms with Crippen molar-refractivity contribution in [2.45, 2.75) is 18.2 Å². The maximum atomic E-state index is 11.5. The number of carbonyl (C=O) groups excluding carboxylic acids is 1. The molecule has 0 saturated heterocycles. The average Bonchev–Trinajstić information content (AvgIpc) is 2.26. The summed E-state index contributed by atoms with van der Waals surface area (Å²) in [6, 6.07) is 5.20. The van der Waals surface area contributed by atoms with Crippen LogP contribution in [-0.4, -0.2) is 16.2 Å². The predicted molar refractivity (Wildman–Crippen MR) is 59.6 cm³/mol. The van der Waals surface area contributed by atoms with Gasteiger partial charge in [0.25, 0.3) is 5.91 Å². The standard InChI is InChI=1S/C11H13NO2S/c1-3-8-5-6-9(10(15)7-8)11(13)12(14)4-2/h4-7,14-15H,2-3H2,1H3/p-1. The minimum Gasteiger partial charge on any atom is -0.779 e. The van der Waals surface area contributed by atoms with Crippen LogP contribution in [0.1, 0.15) is 22.8 Å². The van der Waals surface area contributed by atoms with Gasteiger partial charge in [0, 0.05) is 11.8 Å². The van der Waals surface area contributed by atoms with Gasteiger partial charge in [0.05, 0.1) is 0 Å². The van der Waals surface area contributed by atoms with Crippen molar-refractivity contribution >= 4 is 18.5 Å². The lowest BCUT2D eigenvalue weighted by Gasteiger charge is -2.17. The van der Waals surface area contributed by atoms with Crippen molar-refractivity contribution in [3.05, 3.63) is 42.1 Å². The van der Waals surface area contributed by atoms with Crippen molar-refractivity contribution < 1.29 is 10.0 Å². The Morgan fingerprint density at radius 2 is 2.33 bits per heavy atom. The Morgan fingerprint density at radius 1 is 1.67 bits per heavy atom. The lowest BCUT2D eigenvalue weighted by Crippen LogP contribution is -2.22. The molecule has 0 aromatic heterocycles. The summed E-state index contributed by atoms with van der Waals surface area (Å²) in [5, 5.41) is 9.58. The highest BCUT2D eigenvalue weighted by Crippen LogP contribution is 2.14. The highest BCUT2D eigenvalue weighted by Gasteiger charge is 2.10. The van der Waals surface area contributed by atoms with Gasteiger partial charge in [-0.15, -0.1) is 0 Å². The van der Waals surface area contributed by atoms with Gasteiger partial charge in [-0.25, -0.2) is 0 Å². The van der Waals surface area contributed by atoms with E-state index in [-0.39, 0.29) is 0 Å². The van der Waals surface area contributed by atoms with Gasteiger partial charge in [-0.2, -0.15) is 9.96 Å². The summed E-state index contributed by atoms with van der Waals surface area (Å²) in [6.45, 7) is 5.30. The molecule has 0 bridgehead atoms. The smallest absolute Gasteiger partial charge is 0.279 e. The Labute approximate surface area is 94.4 Å². The number of aryl methyl sites for hydroxylation is 1. The van der Waals surface area contributed by atoms with E-state index < -0.39 is 5.91 Å². The fraction of sp³-hybridized carbons (Fsp3) is 0.182. The number of rotatable bonds is 3. The molecule has 1 N–H and O–H groups in total. The first-order valence-electron chi connectivity index (χ1n) is 4.55. The quantitative estimate of drug-likeness (QED) is 0.484. The fourth-order valence-electron chi connectivity index (χ4n) is 1.17. The second kappa shape index (κ2) is 4.91. The number of hydrogen-bond acceptors (Lipinski definition) is 3. The molecular formula is C11H12NO2S-. The number of hydrogen-bond donors (Lipinski definition) is 1. The Bertz CT molecular complexity index is 390. The van der Waals surface area contributed by atoms with E-state index in [9.17, 15) is 4.79 Å². The molecule has 0 radical (unpaired) electrons. The van der Waals surface area contributed by atoms with E-state index in [0.29, 0.717) is 15.5 Å². The SMILES string of the molecule is C=CN(O)C(=O)c1ccc(CC)cc1[S-]. The van der Waals surface area contributed by atoms with Crippen LogP contribution < -0.4 is 0 Å². The van der Waals surface area contributed by atoms with E-state index in [4.69, 9.17) is 17.8 Å². The van der Waals surface area contributed by atoms with Crippen LogP contribution in [-0.2, 0) is 19.0 Å². The molecule has 1 aromatic carbocycles. The zero-order chi connectivity index (χ0) is 11.4. The second-order valence-electron chi connectivity index (χ2n) is 3.02. The summed E-state index contributed by atoms with van der Waals surface area (Å²) < 4.78 is 0. The van der Waals surface area contributed by atoms with E-state index in [1.165, 1.54) is 0 Å². The molecule has 0 heterocycles. The van der Waals surface area contributed by atoms with Gasteiger partial charge >= 0.3 is 0 Å². The third kappa shape index (κ3) is 2.55. The Hall–Kier alpha value is -1.39. The summed E-state index contributed by atoms with van der Waals surface area (Å²) in [6.07, 6.45) is 1.90. The van der Waals surface area contributed by atoms with Gasteiger partial charge in [-0.1, -0.05) is 31.7 Å². The first kappa shape index (κ1) is 11.7. The molecule has 1 aromatic rings. The molecule has 0 aliphatic carbocycles. The normalized spacial score (nSPS) is 9.73. The van der Waals surface area contributed by atoms with Crippen LogP contribution in [0.4, 0.5) is 0 Å². The van der Waals surface area contributed by atoms with Gasteiger partial charge in [0.2, 0.25) is 0 Å². The van der Waals surface area contributed by atoms with E-state index in [1.54, 1.807) is 12.1 Å². The molecule has 0 spiro atoms. The molecule has 0 aliphatic rings. The molecule has 1 rings (SSSR count). The maximum absolute atomic E-state index is 11.5. The Kier molecular flexibility index (Phi) is 3.82. The lowest BCUT2D eigenvalue weighted by molar-refractivity contribution is -0.0202. The number of hydroxylamine groups is 2. The van der Waals surface area contributed by atoms with Crippen LogP contribution in [0.25, 0.3) is 0 Å². The summed E-state index contributed by atoms with van der Waals surface area (Å²) >= 11 is 5.06. The van der Waals surface area contributed by atoms with Gasteiger partial charge in [0.1, 0.15) is 0 Å². The molecule has 0 saturated carbocycles. The summed E-state index contributed by atoms with van der Waals surface area (Å²) in [5.74, 6) is -0.558. The van der Waals surface area contributed by atoms with Crippen molar-refractivity contribution in [3.63, 3.8) is 0 Å². The van der Waals surface area contributed by atoms with Gasteiger partial charge in [0.15, 0.2) is 0 Å². The second-order valence-corrected chi connectivity index (χ2v) is 3.46. The minimum absolute atomic E-state index is 0.310. The van der Waals surface area contributed by atoms with Crippen LogP contribution in [0.15, 0.2) is 35.9 Å².